The molecule has 0 N–H and O–H groups in total. The lowest BCUT2D eigenvalue weighted by Gasteiger charge is -2.33. The van der Waals surface area contributed by atoms with Crippen LogP contribution in [0.1, 0.15) is 19.3 Å². The molecule has 7 nitrogen and oxygen atoms in total. The molecule has 0 spiro atoms. The van der Waals surface area contributed by atoms with Crippen molar-refractivity contribution in [1.82, 2.24) is 4.98 Å². The molecule has 0 aromatic carbocycles. The maximum absolute atomic E-state index is 10.8. The highest BCUT2D eigenvalue weighted by Crippen LogP contribution is 2.30. The molecule has 2 saturated heterocycles. The van der Waals surface area contributed by atoms with E-state index in [-0.39, 0.29) is 11.8 Å². The summed E-state index contributed by atoms with van der Waals surface area (Å²) in [7, 11) is 0. The maximum Gasteiger partial charge on any atom is 0.288 e. The van der Waals surface area contributed by atoms with Crippen LogP contribution in [0.15, 0.2) is 16.7 Å². The van der Waals surface area contributed by atoms with Gasteiger partial charge in [0.1, 0.15) is 12.0 Å². The monoisotopic (exact) mass is 385 g/mol. The van der Waals surface area contributed by atoms with Crippen LogP contribution >= 0.6 is 15.9 Å². The summed E-state index contributed by atoms with van der Waals surface area (Å²) in [4.78, 5) is 16.7. The van der Waals surface area contributed by atoms with Crippen molar-refractivity contribution in [3.63, 3.8) is 0 Å². The molecule has 2 aliphatic heterocycles. The molecule has 126 valence electrons. The van der Waals surface area contributed by atoms with Gasteiger partial charge in [0, 0.05) is 31.7 Å². The fraction of sp³-hybridized carbons (Fsp3) is 0.667. The molecule has 3 rings (SSSR count). The first-order valence-electron chi connectivity index (χ1n) is 7.87. The van der Waals surface area contributed by atoms with Gasteiger partial charge in [0.25, 0.3) is 5.69 Å². The van der Waals surface area contributed by atoms with E-state index in [1.807, 2.05) is 0 Å². The molecule has 0 bridgehead atoms. The van der Waals surface area contributed by atoms with E-state index >= 15 is 0 Å². The Balaban J connectivity index is 1.51. The summed E-state index contributed by atoms with van der Waals surface area (Å²) in [6.07, 6.45) is 4.57. The zero-order valence-corrected chi connectivity index (χ0v) is 14.4. The minimum absolute atomic E-state index is 0.00220. The first-order chi connectivity index (χ1) is 11.1. The van der Waals surface area contributed by atoms with E-state index in [4.69, 9.17) is 9.47 Å². The minimum atomic E-state index is -0.436. The fourth-order valence-corrected chi connectivity index (χ4v) is 3.56. The van der Waals surface area contributed by atoms with Gasteiger partial charge in [0.15, 0.2) is 0 Å². The average Bonchev–Trinajstić information content (AvgIpc) is 3.07. The zero-order valence-electron chi connectivity index (χ0n) is 12.8. The van der Waals surface area contributed by atoms with E-state index < -0.39 is 4.92 Å². The van der Waals surface area contributed by atoms with Gasteiger partial charge in [-0.25, -0.2) is 4.98 Å². The Bertz CT molecular complexity index is 558. The Hall–Kier alpha value is -1.25. The molecule has 0 amide bonds. The second-order valence-corrected chi connectivity index (χ2v) is 6.86. The Morgan fingerprint density at radius 2 is 2.22 bits per heavy atom. The molecule has 3 heterocycles. The number of hydrogen-bond acceptors (Lipinski definition) is 6. The van der Waals surface area contributed by atoms with E-state index in [1.165, 1.54) is 12.3 Å². The van der Waals surface area contributed by atoms with E-state index in [0.29, 0.717) is 10.4 Å². The zero-order chi connectivity index (χ0) is 16.2. The van der Waals surface area contributed by atoms with E-state index in [1.54, 1.807) is 0 Å². The Morgan fingerprint density at radius 3 is 2.83 bits per heavy atom. The summed E-state index contributed by atoms with van der Waals surface area (Å²) in [6, 6.07) is 1.50. The third kappa shape index (κ3) is 4.19. The van der Waals surface area contributed by atoms with Gasteiger partial charge in [-0.15, -0.1) is 0 Å². The van der Waals surface area contributed by atoms with Gasteiger partial charge in [-0.05, 0) is 35.2 Å². The number of nitrogens with zero attached hydrogens (tertiary/aromatic N) is 3. The molecule has 2 aliphatic rings. The van der Waals surface area contributed by atoms with Crippen LogP contribution in [0.2, 0.25) is 0 Å². The van der Waals surface area contributed by atoms with Crippen molar-refractivity contribution in [3.8, 4) is 0 Å². The summed E-state index contributed by atoms with van der Waals surface area (Å²) in [5.74, 6) is 1.30. The van der Waals surface area contributed by atoms with E-state index in [9.17, 15) is 10.1 Å². The fourth-order valence-electron chi connectivity index (χ4n) is 2.97. The molecule has 1 aromatic rings. The van der Waals surface area contributed by atoms with E-state index in [0.717, 1.165) is 58.0 Å². The topological polar surface area (TPSA) is 77.7 Å². The molecule has 0 radical (unpaired) electrons. The highest BCUT2D eigenvalue weighted by Gasteiger charge is 2.24. The molecule has 23 heavy (non-hydrogen) atoms. The number of rotatable bonds is 5. The predicted octanol–water partition coefficient (Wildman–Crippen LogP) is 2.77. The number of aromatic nitrogens is 1. The third-order valence-corrected chi connectivity index (χ3v) is 4.93. The van der Waals surface area contributed by atoms with Gasteiger partial charge in [0.05, 0.1) is 28.7 Å². The van der Waals surface area contributed by atoms with Crippen molar-refractivity contribution < 1.29 is 14.4 Å². The quantitative estimate of drug-likeness (QED) is 0.572. The minimum Gasteiger partial charge on any atom is -0.381 e. The first-order valence-corrected chi connectivity index (χ1v) is 8.67. The first kappa shape index (κ1) is 16.6. The molecule has 8 heteroatoms. The van der Waals surface area contributed by atoms with Gasteiger partial charge in [-0.1, -0.05) is 0 Å². The number of piperidine rings is 1. The summed E-state index contributed by atoms with van der Waals surface area (Å²) in [5.41, 5.74) is -0.00220. The lowest BCUT2D eigenvalue weighted by Crippen LogP contribution is -2.38. The lowest BCUT2D eigenvalue weighted by molar-refractivity contribution is -0.385. The number of pyridine rings is 1. The van der Waals surface area contributed by atoms with Crippen LogP contribution in [0, 0.1) is 16.0 Å². The summed E-state index contributed by atoms with van der Waals surface area (Å²) in [5, 5.41) is 10.8. The number of ether oxygens (including phenoxy) is 2. The van der Waals surface area contributed by atoms with Crippen molar-refractivity contribution in [2.24, 2.45) is 5.92 Å². The Labute approximate surface area is 143 Å². The molecule has 2 fully saturated rings. The second kappa shape index (κ2) is 7.55. The molecule has 1 unspecified atom stereocenters. The van der Waals surface area contributed by atoms with Crippen LogP contribution in [0.3, 0.4) is 0 Å². The number of hydrogen-bond donors (Lipinski definition) is 0. The Kier molecular flexibility index (Phi) is 5.45. The van der Waals surface area contributed by atoms with Crippen LogP contribution in [0.25, 0.3) is 0 Å². The van der Waals surface area contributed by atoms with Crippen molar-refractivity contribution in [1.29, 1.82) is 0 Å². The predicted molar refractivity (Wildman–Crippen MR) is 88.7 cm³/mol. The SMILES string of the molecule is O=[N+]([O-])c1cnc(N2CCC(OCC3CCOC3)CC2)c(Br)c1. The van der Waals surface area contributed by atoms with Gasteiger partial charge >= 0.3 is 0 Å². The molecular formula is C15H20BrN3O4. The van der Waals surface area contributed by atoms with E-state index in [2.05, 4.69) is 25.8 Å². The third-order valence-electron chi connectivity index (χ3n) is 4.35. The molecular weight excluding hydrogens is 366 g/mol. The van der Waals surface area contributed by atoms with Crippen LogP contribution in [-0.4, -0.2) is 48.9 Å². The normalized spacial score (nSPS) is 22.5. The highest BCUT2D eigenvalue weighted by atomic mass is 79.9. The molecule has 1 atom stereocenters. The van der Waals surface area contributed by atoms with Gasteiger partial charge in [-0.2, -0.15) is 0 Å². The highest BCUT2D eigenvalue weighted by molar-refractivity contribution is 9.10. The summed E-state index contributed by atoms with van der Waals surface area (Å²) in [6.45, 7) is 4.14. The van der Waals surface area contributed by atoms with Crippen LogP contribution < -0.4 is 4.90 Å². The van der Waals surface area contributed by atoms with Gasteiger partial charge < -0.3 is 14.4 Å². The molecule has 0 saturated carbocycles. The summed E-state index contributed by atoms with van der Waals surface area (Å²) >= 11 is 3.39. The second-order valence-electron chi connectivity index (χ2n) is 6.01. The lowest BCUT2D eigenvalue weighted by atomic mass is 10.1. The number of halogens is 1. The van der Waals surface area contributed by atoms with Crippen LogP contribution in [-0.2, 0) is 9.47 Å². The molecule has 0 aliphatic carbocycles. The van der Waals surface area contributed by atoms with Crippen molar-refractivity contribution in [3.05, 3.63) is 26.9 Å². The van der Waals surface area contributed by atoms with Crippen LogP contribution in [0.5, 0.6) is 0 Å². The van der Waals surface area contributed by atoms with Gasteiger partial charge in [-0.3, -0.25) is 10.1 Å². The Morgan fingerprint density at radius 1 is 1.43 bits per heavy atom. The number of anilines is 1. The summed E-state index contributed by atoms with van der Waals surface area (Å²) < 4.78 is 12.0. The standard InChI is InChI=1S/C15H20BrN3O4/c16-14-7-12(19(20)21)8-17-15(14)18-4-1-13(2-5-18)23-10-11-3-6-22-9-11/h7-8,11,13H,1-6,9-10H2. The largest absolute Gasteiger partial charge is 0.381 e. The van der Waals surface area contributed by atoms with Crippen molar-refractivity contribution in [2.75, 3.05) is 37.8 Å². The smallest absolute Gasteiger partial charge is 0.288 e. The molecule has 1 aromatic heterocycles. The average molecular weight is 386 g/mol. The van der Waals surface area contributed by atoms with Crippen molar-refractivity contribution >= 4 is 27.4 Å². The van der Waals surface area contributed by atoms with Crippen LogP contribution in [0.4, 0.5) is 11.5 Å². The van der Waals surface area contributed by atoms with Crippen molar-refractivity contribution in [2.45, 2.75) is 25.4 Å². The maximum atomic E-state index is 10.8. The number of nitro groups is 1. The van der Waals surface area contributed by atoms with Gasteiger partial charge in [0.2, 0.25) is 0 Å².